The highest BCUT2D eigenvalue weighted by Crippen LogP contribution is 2.26. The monoisotopic (exact) mass is 556 g/mol. The number of hydrogen-bond acceptors (Lipinski definition) is 4. The number of rotatable bonds is 7. The summed E-state index contributed by atoms with van der Waals surface area (Å²) in [6.07, 6.45) is 0.230. The molecule has 0 bridgehead atoms. The lowest BCUT2D eigenvalue weighted by atomic mass is 10.1. The van der Waals surface area contributed by atoms with Crippen molar-refractivity contribution in [3.8, 4) is 0 Å². The summed E-state index contributed by atoms with van der Waals surface area (Å²) in [5.74, 6) is -0.422. The molecular weight excluding hydrogens is 540 g/mol. The molecule has 1 amide bonds. The molecule has 1 aromatic heterocycles. The Hall–Kier alpha value is -1.52. The van der Waals surface area contributed by atoms with Gasteiger partial charge in [0, 0.05) is 10.2 Å². The number of benzene rings is 2. The summed E-state index contributed by atoms with van der Waals surface area (Å²) in [4.78, 5) is 13.0. The van der Waals surface area contributed by atoms with Gasteiger partial charge in [0.25, 0.3) is 10.0 Å². The number of carbonyl (C=O) groups is 1. The molecule has 0 saturated heterocycles. The minimum absolute atomic E-state index is 0.148. The molecule has 0 radical (unpaired) electrons. The van der Waals surface area contributed by atoms with E-state index in [2.05, 4.69) is 41.9 Å². The average Bonchev–Trinajstić information content (AvgIpc) is 3.12. The summed E-state index contributed by atoms with van der Waals surface area (Å²) in [6, 6.07) is 16.9. The van der Waals surface area contributed by atoms with Crippen LogP contribution in [-0.4, -0.2) is 20.4 Å². The summed E-state index contributed by atoms with van der Waals surface area (Å²) in [6.45, 7) is 1.92. The zero-order chi connectivity index (χ0) is 21.0. The van der Waals surface area contributed by atoms with E-state index in [1.54, 1.807) is 12.1 Å². The van der Waals surface area contributed by atoms with E-state index in [-0.39, 0.29) is 10.6 Å². The van der Waals surface area contributed by atoms with Crippen LogP contribution in [0, 0.1) is 6.92 Å². The molecule has 9 heteroatoms. The third kappa shape index (κ3) is 5.99. The summed E-state index contributed by atoms with van der Waals surface area (Å²) >= 11 is 7.79. The van der Waals surface area contributed by atoms with Crippen molar-refractivity contribution in [1.29, 1.82) is 0 Å². The normalized spacial score (nSPS) is 12.5. The number of carbonyl (C=O) groups excluding carboxylic acids is 1. The van der Waals surface area contributed by atoms with E-state index in [9.17, 15) is 13.2 Å². The molecule has 5 nitrogen and oxygen atoms in total. The van der Waals surface area contributed by atoms with Crippen molar-refractivity contribution in [2.75, 3.05) is 5.32 Å². The lowest BCUT2D eigenvalue weighted by Crippen LogP contribution is -2.45. The molecule has 2 N–H and O–H groups in total. The number of aryl methyl sites for hydroxylation is 1. The van der Waals surface area contributed by atoms with Gasteiger partial charge in [-0.15, -0.1) is 11.3 Å². The highest BCUT2D eigenvalue weighted by Gasteiger charge is 2.27. The van der Waals surface area contributed by atoms with E-state index in [1.165, 1.54) is 6.07 Å². The Morgan fingerprint density at radius 3 is 2.41 bits per heavy atom. The smallest absolute Gasteiger partial charge is 0.250 e. The zero-order valence-electron chi connectivity index (χ0n) is 15.4. The van der Waals surface area contributed by atoms with E-state index in [4.69, 9.17) is 0 Å². The molecule has 0 fully saturated rings. The quantitative estimate of drug-likeness (QED) is 0.424. The summed E-state index contributed by atoms with van der Waals surface area (Å²) in [5.41, 5.74) is 2.42. The first-order chi connectivity index (χ1) is 13.7. The Morgan fingerprint density at radius 2 is 1.79 bits per heavy atom. The second-order valence-corrected chi connectivity index (χ2v) is 11.6. The maximum Gasteiger partial charge on any atom is 0.250 e. The Balaban J connectivity index is 1.85. The van der Waals surface area contributed by atoms with Gasteiger partial charge in [-0.3, -0.25) is 4.79 Å². The number of amides is 1. The van der Waals surface area contributed by atoms with Gasteiger partial charge in [0.2, 0.25) is 5.91 Å². The van der Waals surface area contributed by atoms with E-state index < -0.39 is 22.0 Å². The van der Waals surface area contributed by atoms with Crippen LogP contribution in [0.4, 0.5) is 5.69 Å². The summed E-state index contributed by atoms with van der Waals surface area (Å²) in [5, 5.41) is 2.82. The van der Waals surface area contributed by atoms with Crippen LogP contribution in [0.15, 0.2) is 73.1 Å². The van der Waals surface area contributed by atoms with Crippen molar-refractivity contribution in [2.45, 2.75) is 23.6 Å². The second kappa shape index (κ2) is 9.53. The van der Waals surface area contributed by atoms with Crippen LogP contribution in [-0.2, 0) is 21.2 Å². The fraction of sp³-hybridized carbons (Fsp3) is 0.150. The molecule has 0 aliphatic carbocycles. The topological polar surface area (TPSA) is 75.3 Å². The maximum atomic E-state index is 13.0. The fourth-order valence-corrected chi connectivity index (χ4v) is 6.15. The van der Waals surface area contributed by atoms with Crippen LogP contribution < -0.4 is 10.0 Å². The van der Waals surface area contributed by atoms with Crippen molar-refractivity contribution < 1.29 is 13.2 Å². The Labute approximate surface area is 190 Å². The average molecular weight is 558 g/mol. The van der Waals surface area contributed by atoms with Crippen LogP contribution in [0.5, 0.6) is 0 Å². The van der Waals surface area contributed by atoms with Gasteiger partial charge in [0.15, 0.2) is 0 Å². The highest BCUT2D eigenvalue weighted by atomic mass is 79.9. The van der Waals surface area contributed by atoms with Gasteiger partial charge >= 0.3 is 0 Å². The minimum atomic E-state index is -3.84. The Bertz CT molecular complexity index is 1120. The Kier molecular flexibility index (Phi) is 7.28. The lowest BCUT2D eigenvalue weighted by molar-refractivity contribution is -0.117. The largest absolute Gasteiger partial charge is 0.325 e. The molecule has 1 unspecified atom stereocenters. The molecule has 29 heavy (non-hydrogen) atoms. The number of anilines is 1. The molecule has 0 saturated carbocycles. The van der Waals surface area contributed by atoms with Crippen molar-refractivity contribution in [1.82, 2.24) is 4.72 Å². The highest BCUT2D eigenvalue weighted by molar-refractivity contribution is 9.11. The molecule has 0 spiro atoms. The molecule has 2 aromatic carbocycles. The van der Waals surface area contributed by atoms with Gasteiger partial charge in [-0.25, -0.2) is 8.42 Å². The molecular formula is C20H18Br2N2O3S2. The maximum absolute atomic E-state index is 13.0. The van der Waals surface area contributed by atoms with Gasteiger partial charge in [-0.2, -0.15) is 4.72 Å². The van der Waals surface area contributed by atoms with E-state index in [1.807, 2.05) is 49.4 Å². The van der Waals surface area contributed by atoms with Crippen molar-refractivity contribution in [3.05, 3.63) is 80.0 Å². The first-order valence-corrected chi connectivity index (χ1v) is 12.5. The molecule has 3 aromatic rings. The number of nitrogens with one attached hydrogen (secondary N) is 2. The SMILES string of the molecule is Cc1cc(NC(=O)C(Cc2ccccc2)NS(=O)(=O)c2ccc(Br)s2)ccc1Br. The molecule has 0 aliphatic rings. The van der Waals surface area contributed by atoms with Gasteiger partial charge < -0.3 is 5.32 Å². The predicted octanol–water partition coefficient (Wildman–Crippen LogP) is 5.11. The molecule has 1 atom stereocenters. The molecule has 3 rings (SSSR count). The van der Waals surface area contributed by atoms with Crippen LogP contribution in [0.25, 0.3) is 0 Å². The van der Waals surface area contributed by atoms with Gasteiger partial charge in [0.1, 0.15) is 10.3 Å². The van der Waals surface area contributed by atoms with Crippen molar-refractivity contribution in [2.24, 2.45) is 0 Å². The van der Waals surface area contributed by atoms with Gasteiger partial charge in [0.05, 0.1) is 3.79 Å². The third-order valence-electron chi connectivity index (χ3n) is 4.14. The van der Waals surface area contributed by atoms with E-state index in [0.29, 0.717) is 9.47 Å². The van der Waals surface area contributed by atoms with Crippen LogP contribution in [0.2, 0.25) is 0 Å². The summed E-state index contributed by atoms with van der Waals surface area (Å²) < 4.78 is 29.9. The van der Waals surface area contributed by atoms with Crippen LogP contribution >= 0.6 is 43.2 Å². The minimum Gasteiger partial charge on any atom is -0.325 e. The molecule has 0 aliphatic heterocycles. The van der Waals surface area contributed by atoms with Gasteiger partial charge in [-0.05, 0) is 70.7 Å². The number of halogens is 2. The fourth-order valence-electron chi connectivity index (χ4n) is 2.68. The first kappa shape index (κ1) is 22.2. The van der Waals surface area contributed by atoms with Crippen LogP contribution in [0.1, 0.15) is 11.1 Å². The first-order valence-electron chi connectivity index (χ1n) is 8.63. The van der Waals surface area contributed by atoms with Crippen molar-refractivity contribution in [3.63, 3.8) is 0 Å². The molecule has 152 valence electrons. The van der Waals surface area contributed by atoms with Crippen LogP contribution in [0.3, 0.4) is 0 Å². The summed E-state index contributed by atoms with van der Waals surface area (Å²) in [7, 11) is -3.84. The standard InChI is InChI=1S/C20H18Br2N2O3S2/c1-13-11-15(7-8-16(13)21)23-20(25)17(12-14-5-3-2-4-6-14)24-29(26,27)19-10-9-18(22)28-19/h2-11,17,24H,12H2,1H3,(H,23,25). The van der Waals surface area contributed by atoms with E-state index in [0.717, 1.165) is 26.9 Å². The Morgan fingerprint density at radius 1 is 1.07 bits per heavy atom. The van der Waals surface area contributed by atoms with E-state index >= 15 is 0 Å². The number of thiophene rings is 1. The zero-order valence-corrected chi connectivity index (χ0v) is 20.2. The third-order valence-corrected chi connectivity index (χ3v) is 8.61. The number of hydrogen-bond donors (Lipinski definition) is 2. The predicted molar refractivity (Wildman–Crippen MR) is 124 cm³/mol. The second-order valence-electron chi connectivity index (χ2n) is 6.38. The lowest BCUT2D eigenvalue weighted by Gasteiger charge is -2.18. The molecule has 1 heterocycles. The number of sulfonamides is 1. The van der Waals surface area contributed by atoms with Gasteiger partial charge in [-0.1, -0.05) is 46.3 Å². The van der Waals surface area contributed by atoms with Crippen molar-refractivity contribution >= 4 is 64.8 Å².